The summed E-state index contributed by atoms with van der Waals surface area (Å²) < 4.78 is 5.53. The molecule has 2 N–H and O–H groups in total. The fraction of sp³-hybridized carbons (Fsp3) is 0.370. The van der Waals surface area contributed by atoms with Gasteiger partial charge < -0.3 is 15.2 Å². The summed E-state index contributed by atoms with van der Waals surface area (Å²) in [6.45, 7) is 9.29. The Balaban J connectivity index is 0.00000199. The molecule has 0 radical (unpaired) electrons. The second kappa shape index (κ2) is 11.0. The molecular weight excluding hydrogens is 430 g/mol. The molecule has 1 atom stereocenters. The summed E-state index contributed by atoms with van der Waals surface area (Å²) in [5.41, 5.74) is 1.30. The summed E-state index contributed by atoms with van der Waals surface area (Å²) in [5, 5.41) is 13.9. The molecule has 1 unspecified atom stereocenters. The van der Waals surface area contributed by atoms with Crippen LogP contribution in [0.15, 0.2) is 64.9 Å². The van der Waals surface area contributed by atoms with E-state index in [0.29, 0.717) is 22.8 Å². The van der Waals surface area contributed by atoms with Crippen LogP contribution in [-0.4, -0.2) is 43.8 Å². The summed E-state index contributed by atoms with van der Waals surface area (Å²) in [7, 11) is 5.00. The number of Topliss-reactive ketones (excluding diaryl/α,β-unsaturated/α-hetero) is 1. The van der Waals surface area contributed by atoms with Gasteiger partial charge in [-0.1, -0.05) is 52.8 Å². The van der Waals surface area contributed by atoms with E-state index in [1.165, 1.54) is 12.0 Å². The lowest BCUT2D eigenvalue weighted by atomic mass is 9.82. The van der Waals surface area contributed by atoms with Crippen molar-refractivity contribution < 1.29 is 19.4 Å². The average molecular weight is 466 g/mol. The Labute approximate surface area is 202 Å². The van der Waals surface area contributed by atoms with Gasteiger partial charge in [0, 0.05) is 36.3 Å². The number of aliphatic hydroxyl groups is 1. The van der Waals surface area contributed by atoms with E-state index >= 15 is 0 Å². The number of carbonyl (C=O) groups excluding carboxylic acids is 2. The summed E-state index contributed by atoms with van der Waals surface area (Å²) >= 11 is 0. The van der Waals surface area contributed by atoms with Gasteiger partial charge in [0.05, 0.1) is 18.7 Å². The smallest absolute Gasteiger partial charge is 0.294 e. The van der Waals surface area contributed by atoms with Gasteiger partial charge in [-0.3, -0.25) is 19.5 Å². The van der Waals surface area contributed by atoms with Crippen LogP contribution in [0.5, 0.6) is 5.75 Å². The monoisotopic (exact) mass is 465 g/mol. The summed E-state index contributed by atoms with van der Waals surface area (Å²) in [5.74, 6) is -0.226. The van der Waals surface area contributed by atoms with Gasteiger partial charge in [0.25, 0.3) is 5.91 Å². The number of aliphatic hydroxyl groups excluding tert-OH is 1. The molecular formula is C27H35N3O4. The molecule has 1 amide bonds. The highest BCUT2D eigenvalue weighted by atomic mass is 16.5. The number of ketones is 1. The van der Waals surface area contributed by atoms with E-state index in [1.807, 2.05) is 38.1 Å². The molecule has 1 aliphatic heterocycles. The molecule has 3 rings (SSSR count). The highest BCUT2D eigenvalue weighted by Crippen LogP contribution is 2.45. The first-order valence-electron chi connectivity index (χ1n) is 11.3. The fourth-order valence-electron chi connectivity index (χ4n) is 3.86. The van der Waals surface area contributed by atoms with E-state index < -0.39 is 23.1 Å². The van der Waals surface area contributed by atoms with Gasteiger partial charge in [-0.15, -0.1) is 0 Å². The van der Waals surface area contributed by atoms with Crippen LogP contribution in [0.25, 0.3) is 0 Å². The highest BCUT2D eigenvalue weighted by Gasteiger charge is 2.47. The molecule has 182 valence electrons. The Morgan fingerprint density at radius 2 is 1.68 bits per heavy atom. The van der Waals surface area contributed by atoms with Crippen molar-refractivity contribution >= 4 is 23.2 Å². The van der Waals surface area contributed by atoms with Crippen molar-refractivity contribution in [1.29, 1.82) is 0 Å². The average Bonchev–Trinajstić information content (AvgIpc) is 3.10. The first-order valence-corrected chi connectivity index (χ1v) is 11.3. The topological polar surface area (TPSA) is 91.2 Å². The van der Waals surface area contributed by atoms with Crippen LogP contribution in [0.2, 0.25) is 0 Å². The maximum atomic E-state index is 13.3. The minimum absolute atomic E-state index is 0.0714. The summed E-state index contributed by atoms with van der Waals surface area (Å²) in [6.07, 6.45) is 0. The number of rotatable bonds is 5. The van der Waals surface area contributed by atoms with Crippen molar-refractivity contribution in [2.24, 2.45) is 10.4 Å². The maximum absolute atomic E-state index is 13.3. The number of nitrogens with one attached hydrogen (secondary N) is 1. The molecule has 2 aromatic carbocycles. The SMILES string of the molecule is CC.CN=C(NC)c1ccc(N2C(=O)C(O)=C(C(=O)C(C)(C)C)C2c2ccccc2OC)cc1. The zero-order valence-corrected chi connectivity index (χ0v) is 21.3. The number of nitrogens with zero attached hydrogens (tertiary/aromatic N) is 2. The molecule has 0 aliphatic carbocycles. The molecule has 0 saturated carbocycles. The van der Waals surface area contributed by atoms with E-state index in [9.17, 15) is 14.7 Å². The Kier molecular flexibility index (Phi) is 8.62. The maximum Gasteiger partial charge on any atom is 0.294 e. The first kappa shape index (κ1) is 26.6. The Morgan fingerprint density at radius 3 is 2.18 bits per heavy atom. The van der Waals surface area contributed by atoms with Crippen molar-refractivity contribution in [3.05, 3.63) is 71.0 Å². The third kappa shape index (κ3) is 4.98. The molecule has 2 aromatic rings. The summed E-state index contributed by atoms with van der Waals surface area (Å²) in [4.78, 5) is 32.2. The second-order valence-corrected chi connectivity index (χ2v) is 8.53. The lowest BCUT2D eigenvalue weighted by molar-refractivity contribution is -0.123. The van der Waals surface area contributed by atoms with Crippen molar-refractivity contribution in [3.63, 3.8) is 0 Å². The van der Waals surface area contributed by atoms with Gasteiger partial charge in [-0.05, 0) is 30.3 Å². The van der Waals surface area contributed by atoms with Crippen LogP contribution < -0.4 is 15.0 Å². The lowest BCUT2D eigenvalue weighted by Gasteiger charge is -2.30. The van der Waals surface area contributed by atoms with Gasteiger partial charge >= 0.3 is 0 Å². The number of hydrogen-bond acceptors (Lipinski definition) is 5. The van der Waals surface area contributed by atoms with Crippen molar-refractivity contribution in [2.45, 2.75) is 40.7 Å². The van der Waals surface area contributed by atoms with E-state index in [4.69, 9.17) is 4.74 Å². The number of benzene rings is 2. The number of para-hydroxylation sites is 1. The van der Waals surface area contributed by atoms with Crippen LogP contribution in [-0.2, 0) is 9.59 Å². The van der Waals surface area contributed by atoms with Gasteiger partial charge in [0.2, 0.25) is 0 Å². The molecule has 0 bridgehead atoms. The molecule has 34 heavy (non-hydrogen) atoms. The van der Waals surface area contributed by atoms with E-state index in [1.54, 1.807) is 59.1 Å². The third-order valence-corrected chi connectivity index (χ3v) is 5.45. The van der Waals surface area contributed by atoms with E-state index in [-0.39, 0.29) is 11.4 Å². The molecule has 1 heterocycles. The molecule has 7 heteroatoms. The molecule has 7 nitrogen and oxygen atoms in total. The normalized spacial score (nSPS) is 16.2. The number of anilines is 1. The molecule has 0 saturated heterocycles. The van der Waals surface area contributed by atoms with Gasteiger partial charge in [-0.25, -0.2) is 0 Å². The van der Waals surface area contributed by atoms with Gasteiger partial charge in [0.15, 0.2) is 11.5 Å². The molecule has 0 spiro atoms. The largest absolute Gasteiger partial charge is 0.503 e. The van der Waals surface area contributed by atoms with Crippen molar-refractivity contribution in [3.8, 4) is 5.75 Å². The van der Waals surface area contributed by atoms with Crippen LogP contribution in [0.4, 0.5) is 5.69 Å². The predicted molar refractivity (Wildman–Crippen MR) is 137 cm³/mol. The Bertz CT molecular complexity index is 1100. The number of hydrogen-bond donors (Lipinski definition) is 2. The van der Waals surface area contributed by atoms with Crippen LogP contribution >= 0.6 is 0 Å². The number of ether oxygens (including phenoxy) is 1. The summed E-state index contributed by atoms with van der Waals surface area (Å²) in [6, 6.07) is 13.6. The standard InChI is InChI=1S/C25H29N3O4.C2H6/c1-25(2,3)22(30)19-20(17-9-7-8-10-18(17)32-6)28(24(31)21(19)29)16-13-11-15(12-14-16)23(26-4)27-5;1-2/h7-14,20,29H,1-6H3,(H,26,27);1-2H3. The molecule has 0 aromatic heterocycles. The van der Waals surface area contributed by atoms with Crippen LogP contribution in [0, 0.1) is 5.41 Å². The van der Waals surface area contributed by atoms with E-state index in [0.717, 1.165) is 5.56 Å². The number of aliphatic imine (C=N–C) groups is 1. The highest BCUT2D eigenvalue weighted by molar-refractivity contribution is 6.17. The number of carbonyl (C=O) groups is 2. The molecule has 0 fully saturated rings. The number of amides is 1. The minimum Gasteiger partial charge on any atom is -0.503 e. The van der Waals surface area contributed by atoms with E-state index in [2.05, 4.69) is 10.3 Å². The predicted octanol–water partition coefficient (Wildman–Crippen LogP) is 4.83. The minimum atomic E-state index is -0.820. The lowest BCUT2D eigenvalue weighted by Crippen LogP contribution is -2.33. The van der Waals surface area contributed by atoms with Crippen molar-refractivity contribution in [1.82, 2.24) is 5.32 Å². The zero-order valence-electron chi connectivity index (χ0n) is 21.3. The quantitative estimate of drug-likeness (QED) is 0.487. The number of methoxy groups -OCH3 is 1. The fourth-order valence-corrected chi connectivity index (χ4v) is 3.86. The van der Waals surface area contributed by atoms with Crippen LogP contribution in [0.3, 0.4) is 0 Å². The third-order valence-electron chi connectivity index (χ3n) is 5.45. The second-order valence-electron chi connectivity index (χ2n) is 8.53. The van der Waals surface area contributed by atoms with Crippen molar-refractivity contribution in [2.75, 3.05) is 26.1 Å². The van der Waals surface area contributed by atoms with Gasteiger partial charge in [0.1, 0.15) is 11.6 Å². The zero-order chi connectivity index (χ0) is 25.6. The Hall–Kier alpha value is -3.61. The molecule has 1 aliphatic rings. The number of amidine groups is 1. The first-order chi connectivity index (χ1) is 16.1. The Morgan fingerprint density at radius 1 is 1.09 bits per heavy atom. The van der Waals surface area contributed by atoms with Crippen LogP contribution in [0.1, 0.15) is 51.8 Å². The van der Waals surface area contributed by atoms with Gasteiger partial charge in [-0.2, -0.15) is 0 Å².